The van der Waals surface area contributed by atoms with Gasteiger partial charge in [0.05, 0.1) is 0 Å². The lowest BCUT2D eigenvalue weighted by Crippen LogP contribution is -2.48. The van der Waals surface area contributed by atoms with E-state index in [1.54, 1.807) is 6.92 Å². The summed E-state index contributed by atoms with van der Waals surface area (Å²) in [5, 5.41) is 3.34. The van der Waals surface area contributed by atoms with E-state index in [9.17, 15) is 9.59 Å². The van der Waals surface area contributed by atoms with Gasteiger partial charge in [-0.2, -0.15) is 0 Å². The van der Waals surface area contributed by atoms with Crippen molar-refractivity contribution in [3.05, 3.63) is 29.3 Å². The minimum Gasteiger partial charge on any atom is -0.369 e. The summed E-state index contributed by atoms with van der Waals surface area (Å²) < 4.78 is 0. The zero-order valence-corrected chi connectivity index (χ0v) is 14.1. The molecule has 23 heavy (non-hydrogen) atoms. The van der Waals surface area contributed by atoms with Gasteiger partial charge in [0.25, 0.3) is 0 Å². The van der Waals surface area contributed by atoms with Crippen molar-refractivity contribution in [3.8, 4) is 0 Å². The molecule has 0 saturated carbocycles. The van der Waals surface area contributed by atoms with Gasteiger partial charge in [-0.15, -0.1) is 0 Å². The molecular formula is C16H23ClN4O2. The lowest BCUT2D eigenvalue weighted by molar-refractivity contribution is -0.127. The van der Waals surface area contributed by atoms with Gasteiger partial charge in [-0.25, -0.2) is 0 Å². The number of hydrogen-bond acceptors (Lipinski definition) is 4. The highest BCUT2D eigenvalue weighted by Crippen LogP contribution is 2.20. The topological polar surface area (TPSA) is 78.7 Å². The first-order valence-corrected chi connectivity index (χ1v) is 8.15. The van der Waals surface area contributed by atoms with Crippen molar-refractivity contribution in [1.82, 2.24) is 10.2 Å². The number of piperazine rings is 1. The summed E-state index contributed by atoms with van der Waals surface area (Å²) in [5.41, 5.74) is 6.26. The second kappa shape index (κ2) is 8.17. The van der Waals surface area contributed by atoms with Crippen LogP contribution >= 0.6 is 11.6 Å². The van der Waals surface area contributed by atoms with Crippen molar-refractivity contribution in [1.29, 1.82) is 0 Å². The summed E-state index contributed by atoms with van der Waals surface area (Å²) >= 11 is 6.03. The van der Waals surface area contributed by atoms with Gasteiger partial charge in [0.1, 0.15) is 6.04 Å². The largest absolute Gasteiger partial charge is 0.369 e. The Morgan fingerprint density at radius 3 is 2.61 bits per heavy atom. The van der Waals surface area contributed by atoms with Crippen LogP contribution in [0.4, 0.5) is 5.69 Å². The number of amides is 2. The average Bonchev–Trinajstić information content (AvgIpc) is 2.53. The number of nitrogens with zero attached hydrogens (tertiary/aromatic N) is 2. The van der Waals surface area contributed by atoms with Crippen LogP contribution < -0.4 is 16.0 Å². The Morgan fingerprint density at radius 1 is 1.30 bits per heavy atom. The van der Waals surface area contributed by atoms with Gasteiger partial charge in [0.15, 0.2) is 0 Å². The molecule has 2 rings (SSSR count). The molecule has 0 radical (unpaired) electrons. The summed E-state index contributed by atoms with van der Waals surface area (Å²) in [6, 6.07) is 7.22. The number of primary amides is 1. The SMILES string of the molecule is CC(NC(=O)CCN1CCN(c2cccc(Cl)c2)CC1)C(N)=O. The number of nitrogens with one attached hydrogen (secondary N) is 1. The fraction of sp³-hybridized carbons (Fsp3) is 0.500. The molecule has 1 aliphatic heterocycles. The zero-order valence-electron chi connectivity index (χ0n) is 13.3. The number of nitrogens with two attached hydrogens (primary N) is 1. The van der Waals surface area contributed by atoms with E-state index in [0.29, 0.717) is 13.0 Å². The molecule has 3 N–H and O–H groups in total. The van der Waals surface area contributed by atoms with Gasteiger partial charge >= 0.3 is 0 Å². The van der Waals surface area contributed by atoms with E-state index < -0.39 is 11.9 Å². The van der Waals surface area contributed by atoms with Crippen molar-refractivity contribution in [2.24, 2.45) is 5.73 Å². The van der Waals surface area contributed by atoms with E-state index in [-0.39, 0.29) is 5.91 Å². The number of carbonyl (C=O) groups excluding carboxylic acids is 2. The van der Waals surface area contributed by atoms with Gasteiger partial charge in [-0.05, 0) is 25.1 Å². The molecule has 1 unspecified atom stereocenters. The van der Waals surface area contributed by atoms with Crippen molar-refractivity contribution in [3.63, 3.8) is 0 Å². The van der Waals surface area contributed by atoms with Crippen LogP contribution in [0, 0.1) is 0 Å². The monoisotopic (exact) mass is 338 g/mol. The van der Waals surface area contributed by atoms with Crippen molar-refractivity contribution in [2.45, 2.75) is 19.4 Å². The van der Waals surface area contributed by atoms with E-state index in [1.165, 1.54) is 0 Å². The first-order valence-electron chi connectivity index (χ1n) is 7.77. The van der Waals surface area contributed by atoms with Crippen LogP contribution in [0.3, 0.4) is 0 Å². The second-order valence-electron chi connectivity index (χ2n) is 5.75. The molecule has 2 amide bonds. The second-order valence-corrected chi connectivity index (χ2v) is 6.19. The van der Waals surface area contributed by atoms with E-state index in [1.807, 2.05) is 18.2 Å². The fourth-order valence-corrected chi connectivity index (χ4v) is 2.73. The fourth-order valence-electron chi connectivity index (χ4n) is 2.55. The van der Waals surface area contributed by atoms with Gasteiger partial charge in [-0.3, -0.25) is 14.5 Å². The van der Waals surface area contributed by atoms with Gasteiger partial charge in [-0.1, -0.05) is 17.7 Å². The van der Waals surface area contributed by atoms with Crippen molar-refractivity contribution >= 4 is 29.1 Å². The van der Waals surface area contributed by atoms with E-state index in [2.05, 4.69) is 21.2 Å². The lowest BCUT2D eigenvalue weighted by atomic mass is 10.2. The number of carbonyl (C=O) groups is 2. The van der Waals surface area contributed by atoms with Crippen LogP contribution in [0.2, 0.25) is 5.02 Å². The molecule has 0 spiro atoms. The van der Waals surface area contributed by atoms with Crippen LogP contribution in [0.15, 0.2) is 24.3 Å². The molecular weight excluding hydrogens is 316 g/mol. The zero-order chi connectivity index (χ0) is 16.8. The third-order valence-corrected chi connectivity index (χ3v) is 4.24. The average molecular weight is 339 g/mol. The number of benzene rings is 1. The normalized spacial score (nSPS) is 16.9. The molecule has 1 atom stereocenters. The molecule has 1 aromatic rings. The predicted octanol–water partition coefficient (Wildman–Crippen LogP) is 0.842. The minimum absolute atomic E-state index is 0.145. The summed E-state index contributed by atoms with van der Waals surface area (Å²) in [4.78, 5) is 27.2. The Morgan fingerprint density at radius 2 is 2.00 bits per heavy atom. The first kappa shape index (κ1) is 17.6. The number of halogens is 1. The van der Waals surface area contributed by atoms with Crippen LogP contribution in [-0.4, -0.2) is 55.5 Å². The molecule has 1 heterocycles. The Hall–Kier alpha value is -1.79. The molecule has 0 bridgehead atoms. The van der Waals surface area contributed by atoms with Crippen molar-refractivity contribution in [2.75, 3.05) is 37.6 Å². The maximum Gasteiger partial charge on any atom is 0.239 e. The van der Waals surface area contributed by atoms with E-state index in [0.717, 1.165) is 36.9 Å². The van der Waals surface area contributed by atoms with Gasteiger partial charge < -0.3 is 16.0 Å². The Balaban J connectivity index is 1.73. The summed E-state index contributed by atoms with van der Waals surface area (Å²) in [6.07, 6.45) is 0.370. The summed E-state index contributed by atoms with van der Waals surface area (Å²) in [7, 11) is 0. The Kier molecular flexibility index (Phi) is 6.24. The van der Waals surface area contributed by atoms with Crippen LogP contribution in [0.25, 0.3) is 0 Å². The lowest BCUT2D eigenvalue weighted by Gasteiger charge is -2.36. The third-order valence-electron chi connectivity index (χ3n) is 4.01. The highest BCUT2D eigenvalue weighted by Gasteiger charge is 2.19. The van der Waals surface area contributed by atoms with E-state index in [4.69, 9.17) is 17.3 Å². The van der Waals surface area contributed by atoms with Crippen LogP contribution in [0.5, 0.6) is 0 Å². The first-order chi connectivity index (χ1) is 11.0. The van der Waals surface area contributed by atoms with Gasteiger partial charge in [0.2, 0.25) is 11.8 Å². The highest BCUT2D eigenvalue weighted by atomic mass is 35.5. The molecule has 1 fully saturated rings. The smallest absolute Gasteiger partial charge is 0.239 e. The minimum atomic E-state index is -0.623. The van der Waals surface area contributed by atoms with Crippen molar-refractivity contribution < 1.29 is 9.59 Å². The molecule has 7 heteroatoms. The van der Waals surface area contributed by atoms with Gasteiger partial charge in [0, 0.05) is 49.9 Å². The van der Waals surface area contributed by atoms with E-state index >= 15 is 0 Å². The Labute approximate surface area is 141 Å². The quantitative estimate of drug-likeness (QED) is 0.805. The number of anilines is 1. The molecule has 0 aliphatic carbocycles. The van der Waals surface area contributed by atoms with Crippen LogP contribution in [-0.2, 0) is 9.59 Å². The molecule has 126 valence electrons. The molecule has 0 aromatic heterocycles. The molecule has 1 saturated heterocycles. The molecule has 6 nitrogen and oxygen atoms in total. The highest BCUT2D eigenvalue weighted by molar-refractivity contribution is 6.30. The standard InChI is InChI=1S/C16H23ClN4O2/c1-12(16(18)23)19-15(22)5-6-20-7-9-21(10-8-20)14-4-2-3-13(17)11-14/h2-4,11-12H,5-10H2,1H3,(H2,18,23)(H,19,22). The maximum atomic E-state index is 11.8. The molecule has 1 aromatic carbocycles. The maximum absolute atomic E-state index is 11.8. The predicted molar refractivity (Wildman–Crippen MR) is 91.5 cm³/mol. The third kappa shape index (κ3) is 5.41. The van der Waals surface area contributed by atoms with Crippen LogP contribution in [0.1, 0.15) is 13.3 Å². The Bertz CT molecular complexity index is 559. The summed E-state index contributed by atoms with van der Waals surface area (Å²) in [6.45, 7) is 5.86. The molecule has 1 aliphatic rings. The number of hydrogen-bond donors (Lipinski definition) is 2. The summed E-state index contributed by atoms with van der Waals surface area (Å²) in [5.74, 6) is -0.665. The number of rotatable bonds is 6.